The van der Waals surface area contributed by atoms with E-state index in [0.717, 1.165) is 60.7 Å². The highest BCUT2D eigenvalue weighted by Gasteiger charge is 2.54. The predicted octanol–water partition coefficient (Wildman–Crippen LogP) is 6.83. The third-order valence-electron chi connectivity index (χ3n) is 9.02. The average Bonchev–Trinajstić information content (AvgIpc) is 3.04. The Morgan fingerprint density at radius 3 is 2.48 bits per heavy atom. The molecule has 4 rings (SSSR count). The molecule has 4 aliphatic rings. The van der Waals surface area contributed by atoms with Crippen LogP contribution in [0.3, 0.4) is 0 Å². The van der Waals surface area contributed by atoms with Crippen molar-refractivity contribution in [1.82, 2.24) is 0 Å². The second kappa shape index (κ2) is 8.02. The van der Waals surface area contributed by atoms with Gasteiger partial charge in [-0.15, -0.1) is 11.6 Å². The van der Waals surface area contributed by atoms with Gasteiger partial charge in [0.05, 0.1) is 11.0 Å². The van der Waals surface area contributed by atoms with Crippen molar-refractivity contribution in [2.24, 2.45) is 47.3 Å². The van der Waals surface area contributed by atoms with Crippen molar-refractivity contribution >= 4 is 11.6 Å². The van der Waals surface area contributed by atoms with Crippen molar-refractivity contribution in [3.63, 3.8) is 0 Å². The van der Waals surface area contributed by atoms with Gasteiger partial charge < -0.3 is 5.11 Å². The van der Waals surface area contributed by atoms with Crippen molar-refractivity contribution in [1.29, 1.82) is 0 Å². The molecule has 0 saturated heterocycles. The van der Waals surface area contributed by atoms with Crippen LogP contribution in [0.15, 0.2) is 12.2 Å². The van der Waals surface area contributed by atoms with Gasteiger partial charge in [-0.25, -0.2) is 0 Å². The number of fused-ring (bicyclic) bond motifs is 5. The maximum absolute atomic E-state index is 10.1. The molecule has 4 aliphatic carbocycles. The molecule has 3 saturated carbocycles. The van der Waals surface area contributed by atoms with E-state index in [0.29, 0.717) is 5.92 Å². The summed E-state index contributed by atoms with van der Waals surface area (Å²) in [4.78, 5) is -0.256. The fraction of sp³-hybridized carbons (Fsp3) is 0.920. The van der Waals surface area contributed by atoms with Gasteiger partial charge in [0.1, 0.15) is 0 Å². The quantitative estimate of drug-likeness (QED) is 0.401. The molecule has 0 aliphatic heterocycles. The number of allylic oxidation sites excluding steroid dienone is 2. The van der Waals surface area contributed by atoms with Crippen LogP contribution in [0.1, 0.15) is 85.0 Å². The summed E-state index contributed by atoms with van der Waals surface area (Å²) in [7, 11) is 0. The molecule has 2 heteroatoms. The molecule has 0 radical (unpaired) electrons. The molecule has 3 fully saturated rings. The molecule has 0 heterocycles. The summed E-state index contributed by atoms with van der Waals surface area (Å²) in [6, 6.07) is 0. The maximum atomic E-state index is 10.1. The highest BCUT2D eigenvalue weighted by molar-refractivity contribution is 6.25. The fourth-order valence-corrected chi connectivity index (χ4v) is 8.24. The predicted molar refractivity (Wildman–Crippen MR) is 115 cm³/mol. The Labute approximate surface area is 172 Å². The molecule has 0 spiro atoms. The highest BCUT2D eigenvalue weighted by atomic mass is 35.5. The van der Waals surface area contributed by atoms with Crippen LogP contribution < -0.4 is 0 Å². The monoisotopic (exact) mass is 392 g/mol. The maximum Gasteiger partial charge on any atom is 0.0681 e. The first-order valence-corrected chi connectivity index (χ1v) is 12.3. The van der Waals surface area contributed by atoms with Crippen LogP contribution >= 0.6 is 11.6 Å². The first kappa shape index (κ1) is 20.3. The SMILES string of the molecule is CC(C)CCC[C@@H](C)[C@H]1CC[C@H]2[C@H]3C=C[C@]4(Cl)C[C@@H](O)CC[C@@H]4[C@@H]3CC[C@@H]21. The van der Waals surface area contributed by atoms with Crippen LogP contribution in [0.25, 0.3) is 0 Å². The Kier molecular flexibility index (Phi) is 6.02. The second-order valence-corrected chi connectivity index (χ2v) is 11.7. The Morgan fingerprint density at radius 2 is 1.70 bits per heavy atom. The van der Waals surface area contributed by atoms with Crippen LogP contribution in [0.5, 0.6) is 0 Å². The van der Waals surface area contributed by atoms with Crippen LogP contribution in [0.2, 0.25) is 0 Å². The van der Waals surface area contributed by atoms with Crippen molar-refractivity contribution in [2.75, 3.05) is 0 Å². The molecule has 0 aromatic rings. The summed E-state index contributed by atoms with van der Waals surface area (Å²) in [5, 5.41) is 10.1. The van der Waals surface area contributed by atoms with Gasteiger partial charge in [-0.2, -0.15) is 0 Å². The van der Waals surface area contributed by atoms with Crippen molar-refractivity contribution < 1.29 is 5.11 Å². The first-order chi connectivity index (χ1) is 12.9. The smallest absolute Gasteiger partial charge is 0.0681 e. The third kappa shape index (κ3) is 3.89. The number of alkyl halides is 1. The highest BCUT2D eigenvalue weighted by Crippen LogP contribution is 2.60. The largest absolute Gasteiger partial charge is 0.393 e. The van der Waals surface area contributed by atoms with E-state index in [4.69, 9.17) is 11.6 Å². The van der Waals surface area contributed by atoms with Crippen molar-refractivity contribution in [2.45, 2.75) is 96.0 Å². The standard InChI is InChI=1S/C25H41ClO/c1-16(2)5-4-6-17(3)19-8-9-21-20(19)10-11-23-22(21)13-14-25(26)15-18(27)7-12-24(23)25/h13-14,16-24,27H,4-12,15H2,1-3H3/t17-,18+,19-,20-,21-,22-,23-,24-,25+/m1/s1. The van der Waals surface area contributed by atoms with Gasteiger partial charge >= 0.3 is 0 Å². The molecular formula is C25H41ClO. The van der Waals surface area contributed by atoms with E-state index in [1.807, 2.05) is 0 Å². The van der Waals surface area contributed by atoms with Gasteiger partial charge in [-0.3, -0.25) is 0 Å². The minimum Gasteiger partial charge on any atom is -0.393 e. The minimum absolute atomic E-state index is 0.196. The normalized spacial score (nSPS) is 47.4. The summed E-state index contributed by atoms with van der Waals surface area (Å²) in [6.45, 7) is 7.25. The minimum atomic E-state index is -0.256. The lowest BCUT2D eigenvalue weighted by Crippen LogP contribution is -2.50. The van der Waals surface area contributed by atoms with E-state index in [1.54, 1.807) is 0 Å². The third-order valence-corrected chi connectivity index (χ3v) is 9.58. The molecule has 0 aromatic heterocycles. The van der Waals surface area contributed by atoms with E-state index in [1.165, 1.54) is 44.9 Å². The lowest BCUT2D eigenvalue weighted by Gasteiger charge is -2.53. The summed E-state index contributed by atoms with van der Waals surface area (Å²) >= 11 is 7.05. The topological polar surface area (TPSA) is 20.2 Å². The van der Waals surface area contributed by atoms with Crippen LogP contribution in [-0.4, -0.2) is 16.1 Å². The number of aliphatic hydroxyl groups is 1. The molecule has 0 amide bonds. The summed E-state index contributed by atoms with van der Waals surface area (Å²) in [6.07, 6.45) is 17.4. The van der Waals surface area contributed by atoms with Gasteiger partial charge in [0.25, 0.3) is 0 Å². The van der Waals surface area contributed by atoms with Gasteiger partial charge in [-0.05, 0) is 92.3 Å². The molecule has 154 valence electrons. The van der Waals surface area contributed by atoms with Crippen LogP contribution in [0, 0.1) is 47.3 Å². The summed E-state index contributed by atoms with van der Waals surface area (Å²) < 4.78 is 0. The molecule has 0 bridgehead atoms. The van der Waals surface area contributed by atoms with E-state index in [-0.39, 0.29) is 11.0 Å². The van der Waals surface area contributed by atoms with E-state index < -0.39 is 0 Å². The van der Waals surface area contributed by atoms with Crippen LogP contribution in [0.4, 0.5) is 0 Å². The fourth-order valence-electron chi connectivity index (χ4n) is 7.71. The Hall–Kier alpha value is -0.0100. The first-order valence-electron chi connectivity index (χ1n) is 12.0. The molecule has 1 nitrogen and oxygen atoms in total. The molecule has 9 atom stereocenters. The van der Waals surface area contributed by atoms with Gasteiger partial charge in [-0.1, -0.05) is 52.2 Å². The number of hydrogen-bond donors (Lipinski definition) is 1. The van der Waals surface area contributed by atoms with Gasteiger partial charge in [0, 0.05) is 0 Å². The van der Waals surface area contributed by atoms with Gasteiger partial charge in [0.2, 0.25) is 0 Å². The molecule has 27 heavy (non-hydrogen) atoms. The number of halogens is 1. The molecule has 0 unspecified atom stereocenters. The molecule has 1 N–H and O–H groups in total. The van der Waals surface area contributed by atoms with Crippen LogP contribution in [-0.2, 0) is 0 Å². The average molecular weight is 393 g/mol. The Balaban J connectivity index is 1.43. The summed E-state index contributed by atoms with van der Waals surface area (Å²) in [5.74, 6) is 6.72. The zero-order chi connectivity index (χ0) is 19.2. The number of rotatable bonds is 5. The van der Waals surface area contributed by atoms with Crippen molar-refractivity contribution in [3.05, 3.63) is 12.2 Å². The lowest BCUT2D eigenvalue weighted by atomic mass is 9.55. The number of hydrogen-bond acceptors (Lipinski definition) is 1. The van der Waals surface area contributed by atoms with Crippen molar-refractivity contribution in [3.8, 4) is 0 Å². The zero-order valence-electron chi connectivity index (χ0n) is 17.7. The number of aliphatic hydroxyl groups excluding tert-OH is 1. The van der Waals surface area contributed by atoms with Gasteiger partial charge in [0.15, 0.2) is 0 Å². The Bertz CT molecular complexity index is 542. The second-order valence-electron chi connectivity index (χ2n) is 11.0. The molecular weight excluding hydrogens is 352 g/mol. The van der Waals surface area contributed by atoms with E-state index in [2.05, 4.69) is 32.9 Å². The summed E-state index contributed by atoms with van der Waals surface area (Å²) in [5.41, 5.74) is 0. The Morgan fingerprint density at radius 1 is 0.963 bits per heavy atom. The zero-order valence-corrected chi connectivity index (χ0v) is 18.5. The van der Waals surface area contributed by atoms with E-state index in [9.17, 15) is 5.11 Å². The molecule has 0 aromatic carbocycles. The van der Waals surface area contributed by atoms with E-state index >= 15 is 0 Å². The lowest BCUT2D eigenvalue weighted by molar-refractivity contribution is 0.0120.